The van der Waals surface area contributed by atoms with Crippen LogP contribution in [0.25, 0.3) is 11.0 Å². The van der Waals surface area contributed by atoms with Gasteiger partial charge in [-0.15, -0.1) is 0 Å². The summed E-state index contributed by atoms with van der Waals surface area (Å²) in [5.74, 6) is -0.868. The van der Waals surface area contributed by atoms with Crippen LogP contribution in [0.5, 0.6) is 0 Å². The van der Waals surface area contributed by atoms with Crippen molar-refractivity contribution in [2.24, 2.45) is 7.05 Å². The molecule has 1 N–H and O–H groups in total. The van der Waals surface area contributed by atoms with Crippen molar-refractivity contribution in [1.29, 1.82) is 0 Å². The second-order valence-electron chi connectivity index (χ2n) is 7.32. The lowest BCUT2D eigenvalue weighted by atomic mass is 10.1. The van der Waals surface area contributed by atoms with Crippen LogP contribution in [0.4, 0.5) is 5.69 Å². The van der Waals surface area contributed by atoms with Crippen molar-refractivity contribution in [3.05, 3.63) is 28.7 Å². The first kappa shape index (κ1) is 19.6. The van der Waals surface area contributed by atoms with Gasteiger partial charge in [-0.2, -0.15) is 8.42 Å². The van der Waals surface area contributed by atoms with E-state index in [9.17, 15) is 22.8 Å². The van der Waals surface area contributed by atoms with Crippen LogP contribution in [0.1, 0.15) is 25.8 Å². The summed E-state index contributed by atoms with van der Waals surface area (Å²) in [4.78, 5) is 38.4. The van der Waals surface area contributed by atoms with Gasteiger partial charge in [0.15, 0.2) is 0 Å². The molecule has 1 aromatic heterocycles. The van der Waals surface area contributed by atoms with Crippen molar-refractivity contribution in [1.82, 2.24) is 14.5 Å². The third-order valence-electron chi connectivity index (χ3n) is 5.44. The van der Waals surface area contributed by atoms with Gasteiger partial charge in [0.1, 0.15) is 12.1 Å². The molecular formula is C18H22N4O6S. The van der Waals surface area contributed by atoms with Crippen molar-refractivity contribution in [3.63, 3.8) is 0 Å². The number of imidazole rings is 1. The van der Waals surface area contributed by atoms with Crippen LogP contribution >= 0.6 is 0 Å². The van der Waals surface area contributed by atoms with E-state index in [4.69, 9.17) is 4.18 Å². The fourth-order valence-corrected chi connectivity index (χ4v) is 4.44. The Morgan fingerprint density at radius 3 is 2.55 bits per heavy atom. The molecule has 0 saturated carbocycles. The smallest absolute Gasteiger partial charge is 0.329 e. The standard InChI is InChI=1S/C18H22N4O6S/c1-3-29(26,27)28-12-9-21(10-12)11-4-5-13-15(8-11)20(2)18(25)22(13)14-6-7-16(23)19-17(14)24/h4-5,8,12,14H,3,6-7,9-10H2,1-2H3,(H,19,23,24). The molecule has 11 heteroatoms. The molecule has 29 heavy (non-hydrogen) atoms. The fraction of sp³-hybridized carbons (Fsp3) is 0.500. The number of carbonyl (C=O) groups excluding carboxylic acids is 2. The van der Waals surface area contributed by atoms with Crippen molar-refractivity contribution in [3.8, 4) is 0 Å². The molecule has 0 spiro atoms. The predicted molar refractivity (Wildman–Crippen MR) is 105 cm³/mol. The van der Waals surface area contributed by atoms with Crippen LogP contribution in [-0.4, -0.2) is 54.3 Å². The first-order chi connectivity index (χ1) is 13.7. The van der Waals surface area contributed by atoms with E-state index in [-0.39, 0.29) is 36.3 Å². The summed E-state index contributed by atoms with van der Waals surface area (Å²) in [6, 6.07) is 4.71. The molecule has 156 valence electrons. The van der Waals surface area contributed by atoms with Crippen molar-refractivity contribution >= 4 is 38.7 Å². The Morgan fingerprint density at radius 2 is 1.90 bits per heavy atom. The molecule has 0 bridgehead atoms. The number of benzene rings is 1. The summed E-state index contributed by atoms with van der Waals surface area (Å²) in [5, 5.41) is 2.29. The number of amides is 2. The molecule has 10 nitrogen and oxygen atoms in total. The molecule has 2 aliphatic heterocycles. The summed E-state index contributed by atoms with van der Waals surface area (Å²) in [7, 11) is -1.86. The van der Waals surface area contributed by atoms with Crippen LogP contribution in [-0.2, 0) is 30.9 Å². The quantitative estimate of drug-likeness (QED) is 0.527. The molecule has 1 atom stereocenters. The molecule has 1 aromatic carbocycles. The Balaban J connectivity index is 1.60. The predicted octanol–water partition coefficient (Wildman–Crippen LogP) is -0.127. The Morgan fingerprint density at radius 1 is 1.17 bits per heavy atom. The van der Waals surface area contributed by atoms with Gasteiger partial charge >= 0.3 is 5.69 Å². The lowest BCUT2D eigenvalue weighted by Gasteiger charge is -2.40. The number of piperidine rings is 1. The molecule has 2 aliphatic rings. The number of fused-ring (bicyclic) bond motifs is 1. The van der Waals surface area contributed by atoms with Gasteiger partial charge < -0.3 is 4.90 Å². The second kappa shape index (κ2) is 6.99. The first-order valence-electron chi connectivity index (χ1n) is 9.40. The SMILES string of the molecule is CCS(=O)(=O)OC1CN(c2ccc3c(c2)n(C)c(=O)n3C2CCC(=O)NC2=O)C1. The first-order valence-corrected chi connectivity index (χ1v) is 11.0. The number of hydrogen-bond acceptors (Lipinski definition) is 7. The van der Waals surface area contributed by atoms with E-state index in [0.717, 1.165) is 5.69 Å². The molecule has 2 aromatic rings. The van der Waals surface area contributed by atoms with E-state index >= 15 is 0 Å². The zero-order chi connectivity index (χ0) is 20.9. The maximum Gasteiger partial charge on any atom is 0.329 e. The molecule has 3 heterocycles. The van der Waals surface area contributed by atoms with E-state index in [2.05, 4.69) is 5.32 Å². The number of carbonyl (C=O) groups is 2. The highest BCUT2D eigenvalue weighted by atomic mass is 32.2. The number of nitrogens with zero attached hydrogens (tertiary/aromatic N) is 3. The molecule has 1 unspecified atom stereocenters. The van der Waals surface area contributed by atoms with E-state index in [0.29, 0.717) is 24.1 Å². The monoisotopic (exact) mass is 422 g/mol. The van der Waals surface area contributed by atoms with Gasteiger partial charge in [-0.25, -0.2) is 4.79 Å². The number of aryl methyl sites for hydroxylation is 1. The fourth-order valence-electron chi connectivity index (χ4n) is 3.76. The zero-order valence-electron chi connectivity index (χ0n) is 16.1. The van der Waals surface area contributed by atoms with Gasteiger partial charge in [0.25, 0.3) is 10.1 Å². The highest BCUT2D eigenvalue weighted by Crippen LogP contribution is 2.29. The molecule has 2 saturated heterocycles. The minimum atomic E-state index is -3.49. The molecule has 2 fully saturated rings. The van der Waals surface area contributed by atoms with E-state index in [1.54, 1.807) is 13.1 Å². The van der Waals surface area contributed by atoms with E-state index < -0.39 is 22.1 Å². The maximum absolute atomic E-state index is 12.8. The third-order valence-corrected chi connectivity index (χ3v) is 6.72. The van der Waals surface area contributed by atoms with Gasteiger partial charge in [-0.05, 0) is 31.5 Å². The molecule has 0 aliphatic carbocycles. The number of hydrogen-bond donors (Lipinski definition) is 1. The minimum absolute atomic E-state index is 0.0641. The second-order valence-corrected chi connectivity index (χ2v) is 9.21. The molecule has 2 amide bonds. The van der Waals surface area contributed by atoms with Crippen LogP contribution < -0.4 is 15.9 Å². The average molecular weight is 422 g/mol. The van der Waals surface area contributed by atoms with Gasteiger partial charge in [-0.1, -0.05) is 0 Å². The van der Waals surface area contributed by atoms with Crippen LogP contribution in [0.3, 0.4) is 0 Å². The van der Waals surface area contributed by atoms with E-state index in [1.165, 1.54) is 16.1 Å². The largest absolute Gasteiger partial charge is 0.366 e. The van der Waals surface area contributed by atoms with Crippen molar-refractivity contribution in [2.75, 3.05) is 23.7 Å². The van der Waals surface area contributed by atoms with Gasteiger partial charge in [0.2, 0.25) is 11.8 Å². The van der Waals surface area contributed by atoms with Crippen molar-refractivity contribution < 1.29 is 22.2 Å². The lowest BCUT2D eigenvalue weighted by Crippen LogP contribution is -2.53. The number of nitrogens with one attached hydrogen (secondary N) is 1. The molecule has 4 rings (SSSR count). The Bertz CT molecular complexity index is 1160. The average Bonchev–Trinajstić information content (AvgIpc) is 2.89. The summed E-state index contributed by atoms with van der Waals surface area (Å²) in [6.07, 6.45) is 0.0860. The Kier molecular flexibility index (Phi) is 4.74. The number of aromatic nitrogens is 2. The van der Waals surface area contributed by atoms with E-state index in [1.807, 2.05) is 17.0 Å². The summed E-state index contributed by atoms with van der Waals surface area (Å²) >= 11 is 0. The lowest BCUT2D eigenvalue weighted by molar-refractivity contribution is -0.135. The number of rotatable bonds is 5. The third kappa shape index (κ3) is 3.44. The normalized spacial score (nSPS) is 20.8. The molecular weight excluding hydrogens is 400 g/mol. The van der Waals surface area contributed by atoms with Crippen molar-refractivity contribution in [2.45, 2.75) is 31.9 Å². The van der Waals surface area contributed by atoms with Gasteiger partial charge in [0, 0.05) is 32.2 Å². The van der Waals surface area contributed by atoms with Gasteiger partial charge in [0.05, 0.1) is 16.8 Å². The maximum atomic E-state index is 12.8. The summed E-state index contributed by atoms with van der Waals surface area (Å²) < 4.78 is 31.1. The number of anilines is 1. The highest BCUT2D eigenvalue weighted by molar-refractivity contribution is 7.86. The van der Waals surface area contributed by atoms with Gasteiger partial charge in [-0.3, -0.25) is 28.2 Å². The zero-order valence-corrected chi connectivity index (χ0v) is 16.9. The van der Waals surface area contributed by atoms with Crippen LogP contribution in [0, 0.1) is 0 Å². The Labute approximate surface area is 167 Å². The topological polar surface area (TPSA) is 120 Å². The summed E-state index contributed by atoms with van der Waals surface area (Å²) in [6.45, 7) is 2.41. The molecule has 0 radical (unpaired) electrons. The summed E-state index contributed by atoms with van der Waals surface area (Å²) in [5.41, 5.74) is 1.77. The highest BCUT2D eigenvalue weighted by Gasteiger charge is 2.33. The Hall–Kier alpha value is -2.66. The number of imide groups is 1. The minimum Gasteiger partial charge on any atom is -0.366 e. The van der Waals surface area contributed by atoms with Crippen LogP contribution in [0.15, 0.2) is 23.0 Å². The van der Waals surface area contributed by atoms with Crippen LogP contribution in [0.2, 0.25) is 0 Å².